The summed E-state index contributed by atoms with van der Waals surface area (Å²) in [7, 11) is -1.81. The molecule has 0 N–H and O–H groups in total. The molecular formula is C15H28O2Si. The van der Waals surface area contributed by atoms with Crippen LogP contribution in [0.5, 0.6) is 0 Å². The Morgan fingerprint density at radius 3 is 2.39 bits per heavy atom. The van der Waals surface area contributed by atoms with Gasteiger partial charge in [-0.3, -0.25) is 4.79 Å². The van der Waals surface area contributed by atoms with Gasteiger partial charge in [-0.05, 0) is 42.8 Å². The summed E-state index contributed by atoms with van der Waals surface area (Å²) in [5, 5.41) is 0.194. The maximum atomic E-state index is 12.2. The third-order valence-electron chi connectivity index (χ3n) is 5.37. The summed E-state index contributed by atoms with van der Waals surface area (Å²) in [6, 6.07) is 0. The van der Waals surface area contributed by atoms with E-state index in [2.05, 4.69) is 33.9 Å². The molecule has 3 heteroatoms. The second-order valence-electron chi connectivity index (χ2n) is 7.68. The molecule has 0 aromatic rings. The van der Waals surface area contributed by atoms with Crippen LogP contribution < -0.4 is 0 Å². The van der Waals surface area contributed by atoms with Gasteiger partial charge in [-0.2, -0.15) is 0 Å². The smallest absolute Gasteiger partial charge is 0.193 e. The molecule has 0 radical (unpaired) electrons. The maximum absolute atomic E-state index is 12.2. The summed E-state index contributed by atoms with van der Waals surface area (Å²) in [6.07, 6.45) is 5.75. The van der Waals surface area contributed by atoms with Crippen molar-refractivity contribution in [2.45, 2.75) is 77.1 Å². The molecule has 2 fully saturated rings. The first kappa shape index (κ1) is 14.3. The fraction of sp³-hybridized carbons (Fsp3) is 0.933. The van der Waals surface area contributed by atoms with E-state index in [1.807, 2.05) is 0 Å². The molecular weight excluding hydrogens is 240 g/mol. The first-order valence-corrected chi connectivity index (χ1v) is 10.3. The largest absolute Gasteiger partial charge is 0.407 e. The highest BCUT2D eigenvalue weighted by molar-refractivity contribution is 6.74. The standard InChI is InChI=1S/C15H28O2Si/c1-15(2,3)18(4,5)17-14-12-9-7-6-8-11(12)10-13(14)16/h11-12,14H,6-10H2,1-5H3/t11-,12-,14-/m0/s1. The van der Waals surface area contributed by atoms with Crippen molar-refractivity contribution in [3.05, 3.63) is 0 Å². The van der Waals surface area contributed by atoms with E-state index in [1.165, 1.54) is 25.7 Å². The van der Waals surface area contributed by atoms with Crippen LogP contribution in [0.1, 0.15) is 52.9 Å². The van der Waals surface area contributed by atoms with Gasteiger partial charge in [0.1, 0.15) is 6.10 Å². The van der Waals surface area contributed by atoms with E-state index in [1.54, 1.807) is 0 Å². The van der Waals surface area contributed by atoms with Gasteiger partial charge in [-0.15, -0.1) is 0 Å². The Kier molecular flexibility index (Phi) is 3.76. The van der Waals surface area contributed by atoms with Crippen molar-refractivity contribution in [1.82, 2.24) is 0 Å². The number of hydrogen-bond donors (Lipinski definition) is 0. The van der Waals surface area contributed by atoms with Crippen molar-refractivity contribution < 1.29 is 9.22 Å². The Bertz CT molecular complexity index is 330. The van der Waals surface area contributed by atoms with Crippen LogP contribution in [-0.2, 0) is 9.22 Å². The Labute approximate surface area is 113 Å². The lowest BCUT2D eigenvalue weighted by Gasteiger charge is -2.40. The Hall–Kier alpha value is -0.153. The molecule has 0 aliphatic heterocycles. The summed E-state index contributed by atoms with van der Waals surface area (Å²) in [5.74, 6) is 1.54. The second kappa shape index (κ2) is 4.75. The molecule has 2 aliphatic carbocycles. The minimum Gasteiger partial charge on any atom is -0.407 e. The predicted molar refractivity (Wildman–Crippen MR) is 77.1 cm³/mol. The van der Waals surface area contributed by atoms with Crippen molar-refractivity contribution in [2.75, 3.05) is 0 Å². The molecule has 0 saturated heterocycles. The number of carbonyl (C=O) groups is 1. The molecule has 2 saturated carbocycles. The number of carbonyl (C=O) groups excluding carboxylic acids is 1. The summed E-state index contributed by atoms with van der Waals surface area (Å²) in [5.41, 5.74) is 0. The summed E-state index contributed by atoms with van der Waals surface area (Å²) >= 11 is 0. The van der Waals surface area contributed by atoms with E-state index >= 15 is 0 Å². The topological polar surface area (TPSA) is 26.3 Å². The normalized spacial score (nSPS) is 33.6. The van der Waals surface area contributed by atoms with Gasteiger partial charge >= 0.3 is 0 Å². The van der Waals surface area contributed by atoms with E-state index in [4.69, 9.17) is 4.43 Å². The minimum absolute atomic E-state index is 0.0730. The lowest BCUT2D eigenvalue weighted by molar-refractivity contribution is -0.124. The molecule has 18 heavy (non-hydrogen) atoms. The van der Waals surface area contributed by atoms with Crippen molar-refractivity contribution in [3.8, 4) is 0 Å². The van der Waals surface area contributed by atoms with Gasteiger partial charge < -0.3 is 4.43 Å². The molecule has 0 aromatic carbocycles. The number of ketones is 1. The van der Waals surface area contributed by atoms with Crippen LogP contribution >= 0.6 is 0 Å². The second-order valence-corrected chi connectivity index (χ2v) is 12.4. The zero-order chi connectivity index (χ0) is 13.6. The molecule has 0 unspecified atom stereocenters. The Morgan fingerprint density at radius 2 is 1.78 bits per heavy atom. The van der Waals surface area contributed by atoms with Crippen LogP contribution in [0.25, 0.3) is 0 Å². The van der Waals surface area contributed by atoms with Crippen molar-refractivity contribution in [3.63, 3.8) is 0 Å². The van der Waals surface area contributed by atoms with Crippen molar-refractivity contribution in [2.24, 2.45) is 11.8 Å². The van der Waals surface area contributed by atoms with Crippen molar-refractivity contribution >= 4 is 14.1 Å². The van der Waals surface area contributed by atoms with E-state index in [0.29, 0.717) is 17.6 Å². The average molecular weight is 268 g/mol. The average Bonchev–Trinajstić information content (AvgIpc) is 2.54. The monoisotopic (exact) mass is 268 g/mol. The number of hydrogen-bond acceptors (Lipinski definition) is 2. The summed E-state index contributed by atoms with van der Waals surface area (Å²) in [6.45, 7) is 11.3. The molecule has 2 nitrogen and oxygen atoms in total. The number of rotatable bonds is 2. The van der Waals surface area contributed by atoms with Gasteiger partial charge in [0.25, 0.3) is 0 Å². The first-order valence-electron chi connectivity index (χ1n) is 7.43. The molecule has 0 bridgehead atoms. The Balaban J connectivity index is 2.11. The van der Waals surface area contributed by atoms with E-state index < -0.39 is 8.32 Å². The number of Topliss-reactive ketones (excluding diaryl/α,β-unsaturated/α-hetero) is 1. The minimum atomic E-state index is -1.81. The molecule has 3 atom stereocenters. The van der Waals surface area contributed by atoms with Crippen LogP contribution in [0.2, 0.25) is 18.1 Å². The van der Waals surface area contributed by atoms with E-state index in [-0.39, 0.29) is 11.1 Å². The molecule has 2 rings (SSSR count). The number of fused-ring (bicyclic) bond motifs is 1. The van der Waals surface area contributed by atoms with Crippen LogP contribution in [-0.4, -0.2) is 20.2 Å². The highest BCUT2D eigenvalue weighted by atomic mass is 28.4. The highest BCUT2D eigenvalue weighted by Gasteiger charge is 2.48. The molecule has 0 heterocycles. The summed E-state index contributed by atoms with van der Waals surface area (Å²) < 4.78 is 6.43. The SMILES string of the molecule is CC(C)(C)[Si](C)(C)O[C@@H]1C(=O)C[C@@H]2CCCC[C@@H]21. The fourth-order valence-electron chi connectivity index (χ4n) is 3.15. The van der Waals surface area contributed by atoms with Crippen LogP contribution in [0.4, 0.5) is 0 Å². The fourth-order valence-corrected chi connectivity index (χ4v) is 4.44. The molecule has 104 valence electrons. The quantitative estimate of drug-likeness (QED) is 0.703. The molecule has 0 spiro atoms. The van der Waals surface area contributed by atoms with Crippen LogP contribution in [0.3, 0.4) is 0 Å². The highest BCUT2D eigenvalue weighted by Crippen LogP contribution is 2.45. The van der Waals surface area contributed by atoms with Crippen LogP contribution in [0.15, 0.2) is 0 Å². The maximum Gasteiger partial charge on any atom is 0.193 e. The molecule has 0 amide bonds. The van der Waals surface area contributed by atoms with E-state index in [0.717, 1.165) is 6.42 Å². The predicted octanol–water partition coefficient (Wildman–Crippen LogP) is 4.16. The van der Waals surface area contributed by atoms with Gasteiger partial charge in [-0.1, -0.05) is 33.6 Å². The third kappa shape index (κ3) is 2.57. The zero-order valence-electron chi connectivity index (χ0n) is 12.6. The van der Waals surface area contributed by atoms with Gasteiger partial charge in [0.2, 0.25) is 0 Å². The Morgan fingerprint density at radius 1 is 1.17 bits per heavy atom. The third-order valence-corrected chi connectivity index (χ3v) is 9.82. The first-order chi connectivity index (χ1) is 8.22. The van der Waals surface area contributed by atoms with E-state index in [9.17, 15) is 4.79 Å². The molecule has 2 aliphatic rings. The van der Waals surface area contributed by atoms with Gasteiger partial charge in [0.05, 0.1) is 0 Å². The van der Waals surface area contributed by atoms with Crippen LogP contribution in [0, 0.1) is 11.8 Å². The lowest BCUT2D eigenvalue weighted by atomic mass is 9.81. The van der Waals surface area contributed by atoms with Gasteiger partial charge in [0, 0.05) is 6.42 Å². The van der Waals surface area contributed by atoms with Gasteiger partial charge in [-0.25, -0.2) is 0 Å². The summed E-state index contributed by atoms with van der Waals surface area (Å²) in [4.78, 5) is 12.2. The molecule has 0 aromatic heterocycles. The lowest BCUT2D eigenvalue weighted by Crippen LogP contribution is -2.47. The van der Waals surface area contributed by atoms with Crippen molar-refractivity contribution in [1.29, 1.82) is 0 Å². The zero-order valence-corrected chi connectivity index (χ0v) is 13.6. The van der Waals surface area contributed by atoms with Gasteiger partial charge in [0.15, 0.2) is 14.1 Å².